The van der Waals surface area contributed by atoms with E-state index >= 15 is 0 Å². The maximum atomic E-state index is 6.75. The summed E-state index contributed by atoms with van der Waals surface area (Å²) in [4.78, 5) is 6.38. The van der Waals surface area contributed by atoms with Crippen molar-refractivity contribution in [1.82, 2.24) is 4.98 Å². The molecular weight excluding hydrogens is 240 g/mol. The van der Waals surface area contributed by atoms with Gasteiger partial charge in [0.15, 0.2) is 0 Å². The van der Waals surface area contributed by atoms with E-state index in [0.29, 0.717) is 11.3 Å². The Labute approximate surface area is 114 Å². The van der Waals surface area contributed by atoms with Gasteiger partial charge in [0.25, 0.3) is 0 Å². The molecule has 2 aliphatic rings. The molecule has 0 spiro atoms. The van der Waals surface area contributed by atoms with Crippen molar-refractivity contribution in [2.45, 2.75) is 64.8 Å². The summed E-state index contributed by atoms with van der Waals surface area (Å²) in [6, 6.07) is 0. The minimum atomic E-state index is -0.162. The number of nitrogens with zero attached hydrogens (tertiary/aromatic N) is 1. The number of aromatic nitrogens is 1. The molecule has 2 N–H and O–H groups in total. The highest BCUT2D eigenvalue weighted by molar-refractivity contribution is 7.12. The van der Waals surface area contributed by atoms with Gasteiger partial charge in [-0.15, -0.1) is 11.3 Å². The van der Waals surface area contributed by atoms with Crippen molar-refractivity contribution >= 4 is 11.3 Å². The Kier molecular flexibility index (Phi) is 2.83. The van der Waals surface area contributed by atoms with Gasteiger partial charge in [-0.05, 0) is 49.9 Å². The third-order valence-corrected chi connectivity index (χ3v) is 6.30. The lowest BCUT2D eigenvalue weighted by atomic mass is 9.64. The smallest absolute Gasteiger partial charge is 0.113 e. The van der Waals surface area contributed by atoms with E-state index in [0.717, 1.165) is 6.42 Å². The monoisotopic (exact) mass is 264 g/mol. The Morgan fingerprint density at radius 3 is 2.72 bits per heavy atom. The van der Waals surface area contributed by atoms with Crippen LogP contribution in [0.5, 0.6) is 0 Å². The van der Waals surface area contributed by atoms with Crippen LogP contribution in [-0.2, 0) is 18.4 Å². The Bertz CT molecular complexity index is 442. The van der Waals surface area contributed by atoms with E-state index in [-0.39, 0.29) is 5.54 Å². The molecule has 0 aromatic carbocycles. The molecule has 3 rings (SSSR count). The van der Waals surface area contributed by atoms with Crippen molar-refractivity contribution < 1.29 is 0 Å². The fourth-order valence-electron chi connectivity index (χ4n) is 3.61. The van der Waals surface area contributed by atoms with Crippen LogP contribution in [0.2, 0.25) is 0 Å². The first-order valence-electron chi connectivity index (χ1n) is 7.19. The molecule has 0 radical (unpaired) electrons. The Hall–Kier alpha value is -0.410. The molecule has 0 aliphatic heterocycles. The Balaban J connectivity index is 1.90. The summed E-state index contributed by atoms with van der Waals surface area (Å²) in [5.41, 5.74) is 8.38. The van der Waals surface area contributed by atoms with Crippen molar-refractivity contribution in [3.8, 4) is 0 Å². The molecule has 2 nitrogen and oxygen atoms in total. The van der Waals surface area contributed by atoms with E-state index in [9.17, 15) is 0 Å². The normalized spacial score (nSPS) is 34.6. The average molecular weight is 264 g/mol. The number of fused-ring (bicyclic) bond motifs is 1. The first-order valence-corrected chi connectivity index (χ1v) is 8.00. The molecule has 0 saturated heterocycles. The second-order valence-electron chi connectivity index (χ2n) is 7.05. The van der Waals surface area contributed by atoms with Gasteiger partial charge in [0.1, 0.15) is 5.01 Å². The molecular formula is C15H24N2S. The summed E-state index contributed by atoms with van der Waals surface area (Å²) in [6.07, 6.45) is 7.21. The predicted octanol–water partition coefficient (Wildman–Crippen LogP) is 3.63. The van der Waals surface area contributed by atoms with Crippen molar-refractivity contribution in [2.24, 2.45) is 17.1 Å². The lowest BCUT2D eigenvalue weighted by Crippen LogP contribution is -2.48. The molecule has 2 aliphatic carbocycles. The molecule has 0 amide bonds. The summed E-state index contributed by atoms with van der Waals surface area (Å²) in [6.45, 7) is 7.04. The fourth-order valence-corrected chi connectivity index (χ4v) is 5.01. The molecule has 2 unspecified atom stereocenters. The minimum Gasteiger partial charge on any atom is -0.319 e. The lowest BCUT2D eigenvalue weighted by Gasteiger charge is -2.45. The number of rotatable bonds is 1. The standard InChI is InChI=1S/C15H24N2S/c1-10-9-14(2,3)7-8-15(10,16)13-17-11-5-4-6-12(11)18-13/h10H,4-9,16H2,1-3H3. The molecule has 1 aromatic rings. The van der Waals surface area contributed by atoms with Gasteiger partial charge in [0.05, 0.1) is 11.2 Å². The highest BCUT2D eigenvalue weighted by Crippen LogP contribution is 2.48. The molecule has 18 heavy (non-hydrogen) atoms. The molecule has 100 valence electrons. The van der Waals surface area contributed by atoms with Gasteiger partial charge in [0.2, 0.25) is 0 Å². The zero-order valence-electron chi connectivity index (χ0n) is 11.8. The second-order valence-corrected chi connectivity index (χ2v) is 8.14. The lowest BCUT2D eigenvalue weighted by molar-refractivity contribution is 0.101. The van der Waals surface area contributed by atoms with Crippen molar-refractivity contribution in [2.75, 3.05) is 0 Å². The van der Waals surface area contributed by atoms with Crippen LogP contribution in [-0.4, -0.2) is 4.98 Å². The highest BCUT2D eigenvalue weighted by atomic mass is 32.1. The molecule has 2 atom stereocenters. The first-order chi connectivity index (χ1) is 8.41. The van der Waals surface area contributed by atoms with E-state index < -0.39 is 0 Å². The van der Waals surface area contributed by atoms with Gasteiger partial charge in [-0.2, -0.15) is 0 Å². The van der Waals surface area contributed by atoms with Crippen LogP contribution in [0, 0.1) is 11.3 Å². The summed E-state index contributed by atoms with van der Waals surface area (Å²) in [5.74, 6) is 0.535. The van der Waals surface area contributed by atoms with Gasteiger partial charge < -0.3 is 5.73 Å². The van der Waals surface area contributed by atoms with E-state index in [4.69, 9.17) is 10.7 Å². The molecule has 3 heteroatoms. The van der Waals surface area contributed by atoms with E-state index in [1.54, 1.807) is 0 Å². The zero-order chi connectivity index (χ0) is 13.0. The quantitative estimate of drug-likeness (QED) is 0.841. The van der Waals surface area contributed by atoms with Gasteiger partial charge in [-0.1, -0.05) is 20.8 Å². The van der Waals surface area contributed by atoms with Gasteiger partial charge >= 0.3 is 0 Å². The summed E-state index contributed by atoms with van der Waals surface area (Å²) >= 11 is 1.90. The number of thiazole rings is 1. The molecule has 1 aromatic heterocycles. The van der Waals surface area contributed by atoms with Crippen LogP contribution in [0.4, 0.5) is 0 Å². The summed E-state index contributed by atoms with van der Waals surface area (Å²) in [5, 5.41) is 1.22. The number of nitrogens with two attached hydrogens (primary N) is 1. The van der Waals surface area contributed by atoms with E-state index in [1.807, 2.05) is 11.3 Å². The highest BCUT2D eigenvalue weighted by Gasteiger charge is 2.44. The SMILES string of the molecule is CC1CC(C)(C)CCC1(N)c1nc2c(s1)CCC2. The van der Waals surface area contributed by atoms with Gasteiger partial charge in [0, 0.05) is 4.88 Å². The average Bonchev–Trinajstić information content (AvgIpc) is 2.83. The molecule has 1 heterocycles. The van der Waals surface area contributed by atoms with E-state index in [1.165, 1.54) is 47.7 Å². The largest absolute Gasteiger partial charge is 0.319 e. The van der Waals surface area contributed by atoms with Gasteiger partial charge in [-0.3, -0.25) is 0 Å². The fraction of sp³-hybridized carbons (Fsp3) is 0.800. The molecule has 1 saturated carbocycles. The van der Waals surface area contributed by atoms with Crippen LogP contribution in [0.1, 0.15) is 62.0 Å². The first kappa shape index (κ1) is 12.6. The third kappa shape index (κ3) is 1.92. The van der Waals surface area contributed by atoms with Gasteiger partial charge in [-0.25, -0.2) is 4.98 Å². The van der Waals surface area contributed by atoms with Crippen LogP contribution >= 0.6 is 11.3 Å². The maximum Gasteiger partial charge on any atom is 0.113 e. The predicted molar refractivity (Wildman–Crippen MR) is 76.8 cm³/mol. The summed E-state index contributed by atoms with van der Waals surface area (Å²) < 4.78 is 0. The number of hydrogen-bond donors (Lipinski definition) is 1. The van der Waals surface area contributed by atoms with Crippen molar-refractivity contribution in [1.29, 1.82) is 0 Å². The van der Waals surface area contributed by atoms with E-state index in [2.05, 4.69) is 20.8 Å². The second kappa shape index (κ2) is 4.04. The summed E-state index contributed by atoms with van der Waals surface area (Å²) in [7, 11) is 0. The molecule has 0 bridgehead atoms. The third-order valence-electron chi connectivity index (χ3n) is 4.95. The van der Waals surface area contributed by atoms with Crippen molar-refractivity contribution in [3.05, 3.63) is 15.6 Å². The zero-order valence-corrected chi connectivity index (χ0v) is 12.6. The minimum absolute atomic E-state index is 0.162. The van der Waals surface area contributed by atoms with Crippen molar-refractivity contribution in [3.63, 3.8) is 0 Å². The van der Waals surface area contributed by atoms with Crippen LogP contribution < -0.4 is 5.73 Å². The number of hydrogen-bond acceptors (Lipinski definition) is 3. The molecule has 1 fully saturated rings. The van der Waals surface area contributed by atoms with Crippen LogP contribution in [0.25, 0.3) is 0 Å². The maximum absolute atomic E-state index is 6.75. The van der Waals surface area contributed by atoms with Crippen LogP contribution in [0.15, 0.2) is 0 Å². The van der Waals surface area contributed by atoms with Crippen LogP contribution in [0.3, 0.4) is 0 Å². The number of aryl methyl sites for hydroxylation is 2. The Morgan fingerprint density at radius 2 is 2.06 bits per heavy atom. The Morgan fingerprint density at radius 1 is 1.28 bits per heavy atom. The topological polar surface area (TPSA) is 38.9 Å².